The molecule has 2 amide bonds. The average molecular weight is 339 g/mol. The van der Waals surface area contributed by atoms with Gasteiger partial charge in [-0.15, -0.1) is 21.5 Å². The molecule has 0 aliphatic carbocycles. The summed E-state index contributed by atoms with van der Waals surface area (Å²) < 4.78 is 1.78. The van der Waals surface area contributed by atoms with Gasteiger partial charge in [-0.1, -0.05) is 17.8 Å². The van der Waals surface area contributed by atoms with E-state index in [0.717, 1.165) is 4.88 Å². The van der Waals surface area contributed by atoms with E-state index in [0.29, 0.717) is 23.9 Å². The number of rotatable bonds is 8. The van der Waals surface area contributed by atoms with Crippen molar-refractivity contribution in [1.82, 2.24) is 20.1 Å². The number of nitrogens with one attached hydrogen (secondary N) is 1. The maximum Gasteiger partial charge on any atom is 0.230 e. The van der Waals surface area contributed by atoms with Crippen LogP contribution in [0.4, 0.5) is 0 Å². The van der Waals surface area contributed by atoms with E-state index >= 15 is 0 Å². The molecular weight excluding hydrogens is 322 g/mol. The highest BCUT2D eigenvalue weighted by molar-refractivity contribution is 7.99. The van der Waals surface area contributed by atoms with Gasteiger partial charge in [-0.25, -0.2) is 0 Å². The van der Waals surface area contributed by atoms with Gasteiger partial charge in [0.25, 0.3) is 0 Å². The summed E-state index contributed by atoms with van der Waals surface area (Å²) in [5.74, 6) is 0.526. The fourth-order valence-electron chi connectivity index (χ4n) is 1.70. The highest BCUT2D eigenvalue weighted by Gasteiger charge is 2.12. The van der Waals surface area contributed by atoms with Crippen LogP contribution in [0.25, 0.3) is 0 Å². The zero-order chi connectivity index (χ0) is 15.9. The second kappa shape index (κ2) is 7.95. The Hall–Kier alpha value is -1.87. The quantitative estimate of drug-likeness (QED) is 0.689. The minimum absolute atomic E-state index is 0.0555. The third kappa shape index (κ3) is 4.85. The SMILES string of the molecule is Cn1c(CCC(N)=O)nnc1SCC(=O)NCc1cccs1. The first-order valence-electron chi connectivity index (χ1n) is 6.64. The summed E-state index contributed by atoms with van der Waals surface area (Å²) in [6.45, 7) is 0.541. The van der Waals surface area contributed by atoms with Crippen molar-refractivity contribution in [3.05, 3.63) is 28.2 Å². The molecule has 0 radical (unpaired) electrons. The van der Waals surface area contributed by atoms with Crippen molar-refractivity contribution in [2.24, 2.45) is 12.8 Å². The lowest BCUT2D eigenvalue weighted by Crippen LogP contribution is -2.24. The molecule has 0 bridgehead atoms. The summed E-state index contributed by atoms with van der Waals surface area (Å²) in [5.41, 5.74) is 5.12. The molecule has 0 saturated heterocycles. The number of hydrogen-bond donors (Lipinski definition) is 2. The lowest BCUT2D eigenvalue weighted by Gasteiger charge is -2.04. The van der Waals surface area contributed by atoms with Crippen molar-refractivity contribution in [2.75, 3.05) is 5.75 Å². The number of primary amides is 1. The van der Waals surface area contributed by atoms with Gasteiger partial charge < -0.3 is 15.6 Å². The molecule has 0 aromatic carbocycles. The van der Waals surface area contributed by atoms with E-state index in [1.165, 1.54) is 11.8 Å². The maximum atomic E-state index is 11.8. The maximum absolute atomic E-state index is 11.8. The molecule has 2 heterocycles. The molecule has 0 spiro atoms. The first kappa shape index (κ1) is 16.5. The fraction of sp³-hybridized carbons (Fsp3) is 0.385. The second-order valence-electron chi connectivity index (χ2n) is 4.57. The molecule has 0 fully saturated rings. The molecule has 3 N–H and O–H groups in total. The molecule has 0 atom stereocenters. The summed E-state index contributed by atoms with van der Waals surface area (Å²) in [6, 6.07) is 3.93. The Balaban J connectivity index is 1.78. The van der Waals surface area contributed by atoms with Crippen LogP contribution in [-0.2, 0) is 29.6 Å². The molecule has 0 saturated carbocycles. The number of carbonyl (C=O) groups is 2. The minimum Gasteiger partial charge on any atom is -0.370 e. The van der Waals surface area contributed by atoms with Crippen molar-refractivity contribution in [3.8, 4) is 0 Å². The Kier molecular flexibility index (Phi) is 5.96. The topological polar surface area (TPSA) is 103 Å². The van der Waals surface area contributed by atoms with Crippen LogP contribution in [0.1, 0.15) is 17.1 Å². The van der Waals surface area contributed by atoms with Gasteiger partial charge in [-0.05, 0) is 11.4 Å². The minimum atomic E-state index is -0.370. The number of carbonyl (C=O) groups excluding carboxylic acids is 2. The van der Waals surface area contributed by atoms with Crippen molar-refractivity contribution in [3.63, 3.8) is 0 Å². The third-order valence-corrected chi connectivity index (χ3v) is 4.79. The van der Waals surface area contributed by atoms with Crippen LogP contribution in [0, 0.1) is 0 Å². The zero-order valence-corrected chi connectivity index (χ0v) is 13.7. The van der Waals surface area contributed by atoms with Crippen LogP contribution >= 0.6 is 23.1 Å². The monoisotopic (exact) mass is 339 g/mol. The van der Waals surface area contributed by atoms with E-state index in [1.807, 2.05) is 24.6 Å². The van der Waals surface area contributed by atoms with E-state index in [-0.39, 0.29) is 24.0 Å². The van der Waals surface area contributed by atoms with Gasteiger partial charge in [0.2, 0.25) is 11.8 Å². The molecular formula is C13H17N5O2S2. The van der Waals surface area contributed by atoms with Crippen molar-refractivity contribution >= 4 is 34.9 Å². The molecule has 118 valence electrons. The van der Waals surface area contributed by atoms with Gasteiger partial charge in [-0.2, -0.15) is 0 Å². The Labute approximate surface area is 136 Å². The standard InChI is InChI=1S/C13H17N5O2S2/c1-18-11(5-4-10(14)19)16-17-13(18)22-8-12(20)15-7-9-3-2-6-21-9/h2-3,6H,4-5,7-8H2,1H3,(H2,14,19)(H,15,20). The number of thioether (sulfide) groups is 1. The number of aryl methyl sites for hydroxylation is 1. The molecule has 0 unspecified atom stereocenters. The van der Waals surface area contributed by atoms with E-state index in [2.05, 4.69) is 15.5 Å². The molecule has 7 nitrogen and oxygen atoms in total. The lowest BCUT2D eigenvalue weighted by molar-refractivity contribution is -0.119. The van der Waals surface area contributed by atoms with Crippen LogP contribution in [0.3, 0.4) is 0 Å². The van der Waals surface area contributed by atoms with E-state index in [1.54, 1.807) is 15.9 Å². The van der Waals surface area contributed by atoms with Crippen LogP contribution in [0.15, 0.2) is 22.7 Å². The summed E-state index contributed by atoms with van der Waals surface area (Å²) in [6.07, 6.45) is 0.682. The first-order valence-corrected chi connectivity index (χ1v) is 8.51. The fourth-order valence-corrected chi connectivity index (χ4v) is 3.11. The lowest BCUT2D eigenvalue weighted by atomic mass is 10.3. The number of nitrogens with two attached hydrogens (primary N) is 1. The summed E-state index contributed by atoms with van der Waals surface area (Å²) in [4.78, 5) is 23.7. The zero-order valence-electron chi connectivity index (χ0n) is 12.1. The largest absolute Gasteiger partial charge is 0.370 e. The van der Waals surface area contributed by atoms with Gasteiger partial charge in [0, 0.05) is 24.8 Å². The van der Waals surface area contributed by atoms with Crippen molar-refractivity contribution in [1.29, 1.82) is 0 Å². The molecule has 2 aromatic heterocycles. The molecule has 2 rings (SSSR count). The number of thiophene rings is 1. The molecule has 0 aliphatic rings. The Morgan fingerprint density at radius 3 is 2.95 bits per heavy atom. The predicted molar refractivity (Wildman–Crippen MR) is 85.4 cm³/mol. The van der Waals surface area contributed by atoms with Crippen LogP contribution in [0.5, 0.6) is 0 Å². The van der Waals surface area contributed by atoms with Gasteiger partial charge in [-0.3, -0.25) is 9.59 Å². The van der Waals surface area contributed by atoms with Gasteiger partial charge >= 0.3 is 0 Å². The van der Waals surface area contributed by atoms with E-state index in [9.17, 15) is 9.59 Å². The molecule has 22 heavy (non-hydrogen) atoms. The first-order chi connectivity index (χ1) is 10.6. The molecule has 9 heteroatoms. The van der Waals surface area contributed by atoms with Crippen LogP contribution < -0.4 is 11.1 Å². The summed E-state index contributed by atoms with van der Waals surface area (Å²) in [7, 11) is 1.81. The van der Waals surface area contributed by atoms with Crippen molar-refractivity contribution < 1.29 is 9.59 Å². The second-order valence-corrected chi connectivity index (χ2v) is 6.54. The van der Waals surface area contributed by atoms with Gasteiger partial charge in [0.15, 0.2) is 5.16 Å². The molecule has 0 aliphatic heterocycles. The number of nitrogens with zero attached hydrogens (tertiary/aromatic N) is 3. The Bertz CT molecular complexity index is 639. The number of hydrogen-bond acceptors (Lipinski definition) is 6. The highest BCUT2D eigenvalue weighted by Crippen LogP contribution is 2.16. The van der Waals surface area contributed by atoms with E-state index in [4.69, 9.17) is 5.73 Å². The smallest absolute Gasteiger partial charge is 0.230 e. The average Bonchev–Trinajstić information content (AvgIpc) is 3.11. The summed E-state index contributed by atoms with van der Waals surface area (Å²) >= 11 is 2.92. The predicted octanol–water partition coefficient (Wildman–Crippen LogP) is 0.703. The number of amides is 2. The van der Waals surface area contributed by atoms with E-state index < -0.39 is 0 Å². The highest BCUT2D eigenvalue weighted by atomic mass is 32.2. The van der Waals surface area contributed by atoms with Crippen LogP contribution in [-0.4, -0.2) is 32.3 Å². The van der Waals surface area contributed by atoms with Crippen LogP contribution in [0.2, 0.25) is 0 Å². The normalized spacial score (nSPS) is 10.6. The van der Waals surface area contributed by atoms with Crippen molar-refractivity contribution in [2.45, 2.75) is 24.5 Å². The van der Waals surface area contributed by atoms with Gasteiger partial charge in [0.05, 0.1) is 12.3 Å². The Morgan fingerprint density at radius 1 is 1.45 bits per heavy atom. The van der Waals surface area contributed by atoms with Gasteiger partial charge in [0.1, 0.15) is 5.82 Å². The third-order valence-electron chi connectivity index (χ3n) is 2.89. The number of aromatic nitrogens is 3. The summed E-state index contributed by atoms with van der Waals surface area (Å²) in [5, 5.41) is 13.5. The molecule has 2 aromatic rings. The Morgan fingerprint density at radius 2 is 2.27 bits per heavy atom.